The molecule has 0 radical (unpaired) electrons. The molecule has 1 heterocycles. The van der Waals surface area contributed by atoms with E-state index >= 15 is 0 Å². The van der Waals surface area contributed by atoms with Crippen molar-refractivity contribution in [2.75, 3.05) is 19.0 Å². The lowest BCUT2D eigenvalue weighted by atomic mass is 10.1. The van der Waals surface area contributed by atoms with Gasteiger partial charge in [0.05, 0.1) is 0 Å². The van der Waals surface area contributed by atoms with Crippen molar-refractivity contribution in [1.82, 2.24) is 4.98 Å². The second kappa shape index (κ2) is 4.88. The fourth-order valence-electron chi connectivity index (χ4n) is 2.64. The summed E-state index contributed by atoms with van der Waals surface area (Å²) >= 11 is 0. The summed E-state index contributed by atoms with van der Waals surface area (Å²) < 4.78 is 5.94. The van der Waals surface area contributed by atoms with Crippen molar-refractivity contribution < 1.29 is 4.42 Å². The Morgan fingerprint density at radius 3 is 2.23 bits per heavy atom. The zero-order chi connectivity index (χ0) is 15.1. The third-order valence-corrected chi connectivity index (χ3v) is 3.89. The lowest BCUT2D eigenvalue weighted by Crippen LogP contribution is -2.07. The highest BCUT2D eigenvalue weighted by atomic mass is 16.3. The normalized spacial score (nSPS) is 11.2. The lowest BCUT2D eigenvalue weighted by molar-refractivity contribution is 0.620. The molecule has 0 N–H and O–H groups in total. The summed E-state index contributed by atoms with van der Waals surface area (Å²) in [5.41, 5.74) is 3.87. The highest BCUT2D eigenvalue weighted by Crippen LogP contribution is 2.28. The minimum Gasteiger partial charge on any atom is -0.436 e. The van der Waals surface area contributed by atoms with E-state index in [9.17, 15) is 0 Å². The molecule has 0 aliphatic rings. The van der Waals surface area contributed by atoms with Crippen LogP contribution in [0.3, 0.4) is 0 Å². The molecule has 0 fully saturated rings. The van der Waals surface area contributed by atoms with Gasteiger partial charge in [-0.1, -0.05) is 24.3 Å². The van der Waals surface area contributed by atoms with Gasteiger partial charge in [-0.2, -0.15) is 0 Å². The molecule has 0 saturated heterocycles. The molecule has 3 nitrogen and oxygen atoms in total. The van der Waals surface area contributed by atoms with Gasteiger partial charge in [-0.25, -0.2) is 4.98 Å². The molecule has 0 saturated carbocycles. The Balaban J connectivity index is 1.83. The highest BCUT2D eigenvalue weighted by Gasteiger charge is 2.09. The molecule has 0 bridgehead atoms. The number of hydrogen-bond donors (Lipinski definition) is 0. The average molecular weight is 288 g/mol. The van der Waals surface area contributed by atoms with Crippen molar-refractivity contribution in [2.24, 2.45) is 0 Å². The molecule has 0 spiro atoms. The van der Waals surface area contributed by atoms with Crippen molar-refractivity contribution in [2.45, 2.75) is 0 Å². The van der Waals surface area contributed by atoms with E-state index in [4.69, 9.17) is 4.42 Å². The first-order valence-electron chi connectivity index (χ1n) is 7.28. The third kappa shape index (κ3) is 2.11. The molecule has 108 valence electrons. The summed E-state index contributed by atoms with van der Waals surface area (Å²) in [5.74, 6) is 0.663. The van der Waals surface area contributed by atoms with Gasteiger partial charge in [-0.05, 0) is 47.2 Å². The van der Waals surface area contributed by atoms with E-state index in [0.29, 0.717) is 5.89 Å². The summed E-state index contributed by atoms with van der Waals surface area (Å²) in [5, 5.41) is 2.35. The Hall–Kier alpha value is -2.81. The Kier molecular flexibility index (Phi) is 2.86. The molecule has 3 heteroatoms. The molecular weight excluding hydrogens is 272 g/mol. The van der Waals surface area contributed by atoms with Gasteiger partial charge in [0.25, 0.3) is 0 Å². The highest BCUT2D eigenvalue weighted by molar-refractivity contribution is 5.94. The average Bonchev–Trinajstić information content (AvgIpc) is 2.95. The van der Waals surface area contributed by atoms with Crippen molar-refractivity contribution in [3.63, 3.8) is 0 Å². The SMILES string of the molecule is CN(C)c1ccc(-c2nc3cc4ccccc4cc3o2)cc1. The first-order valence-corrected chi connectivity index (χ1v) is 7.28. The topological polar surface area (TPSA) is 29.3 Å². The number of rotatable bonds is 2. The largest absolute Gasteiger partial charge is 0.436 e. The molecule has 0 aliphatic carbocycles. The van der Waals surface area contributed by atoms with Crippen LogP contribution in [0.4, 0.5) is 5.69 Å². The Labute approximate surface area is 128 Å². The minimum absolute atomic E-state index is 0.663. The van der Waals surface area contributed by atoms with Crippen LogP contribution in [0.15, 0.2) is 65.1 Å². The number of oxazole rings is 1. The van der Waals surface area contributed by atoms with Crippen molar-refractivity contribution in [3.05, 3.63) is 60.7 Å². The zero-order valence-electron chi connectivity index (χ0n) is 12.6. The van der Waals surface area contributed by atoms with Gasteiger partial charge in [0.1, 0.15) is 5.52 Å². The number of anilines is 1. The summed E-state index contributed by atoms with van der Waals surface area (Å²) in [6, 6.07) is 20.6. The molecule has 0 atom stereocenters. The summed E-state index contributed by atoms with van der Waals surface area (Å²) in [6.45, 7) is 0. The Morgan fingerprint density at radius 1 is 0.864 bits per heavy atom. The summed E-state index contributed by atoms with van der Waals surface area (Å²) in [4.78, 5) is 6.70. The van der Waals surface area contributed by atoms with Crippen LogP contribution in [0.2, 0.25) is 0 Å². The fourth-order valence-corrected chi connectivity index (χ4v) is 2.64. The monoisotopic (exact) mass is 288 g/mol. The molecule has 1 aromatic heterocycles. The van der Waals surface area contributed by atoms with Crippen LogP contribution < -0.4 is 4.90 Å². The van der Waals surface area contributed by atoms with Crippen LogP contribution in [-0.4, -0.2) is 19.1 Å². The molecular formula is C19H16N2O. The number of aromatic nitrogens is 1. The third-order valence-electron chi connectivity index (χ3n) is 3.89. The summed E-state index contributed by atoms with van der Waals surface area (Å²) in [6.07, 6.45) is 0. The maximum atomic E-state index is 5.94. The Bertz CT molecular complexity index is 900. The van der Waals surface area contributed by atoms with Crippen molar-refractivity contribution >= 4 is 27.6 Å². The number of fused-ring (bicyclic) bond motifs is 2. The van der Waals surface area contributed by atoms with Gasteiger partial charge in [0.2, 0.25) is 5.89 Å². The van der Waals surface area contributed by atoms with Crippen molar-refractivity contribution in [3.8, 4) is 11.5 Å². The molecule has 4 aromatic rings. The van der Waals surface area contributed by atoms with Gasteiger partial charge in [-0.3, -0.25) is 0 Å². The van der Waals surface area contributed by atoms with Crippen LogP contribution in [0.1, 0.15) is 0 Å². The second-order valence-corrected chi connectivity index (χ2v) is 5.63. The second-order valence-electron chi connectivity index (χ2n) is 5.63. The van der Waals surface area contributed by atoms with Crippen LogP contribution in [0.25, 0.3) is 33.3 Å². The van der Waals surface area contributed by atoms with E-state index in [-0.39, 0.29) is 0 Å². The predicted octanol–water partition coefficient (Wildman–Crippen LogP) is 4.71. The quantitative estimate of drug-likeness (QED) is 0.534. The number of nitrogens with zero attached hydrogens (tertiary/aromatic N) is 2. The minimum atomic E-state index is 0.663. The molecule has 0 amide bonds. The summed E-state index contributed by atoms with van der Waals surface area (Å²) in [7, 11) is 4.06. The number of hydrogen-bond acceptors (Lipinski definition) is 3. The first-order chi connectivity index (χ1) is 10.7. The standard InChI is InChI=1S/C19H16N2O/c1-21(2)16-9-7-13(8-10-16)19-20-17-11-14-5-3-4-6-15(14)12-18(17)22-19/h3-12H,1-2H3. The molecule has 0 unspecified atom stereocenters. The smallest absolute Gasteiger partial charge is 0.227 e. The maximum Gasteiger partial charge on any atom is 0.227 e. The van der Waals surface area contributed by atoms with E-state index in [1.165, 1.54) is 10.8 Å². The van der Waals surface area contributed by atoms with Crippen molar-refractivity contribution in [1.29, 1.82) is 0 Å². The zero-order valence-corrected chi connectivity index (χ0v) is 12.6. The van der Waals surface area contributed by atoms with E-state index in [1.54, 1.807) is 0 Å². The lowest BCUT2D eigenvalue weighted by Gasteiger charge is -2.11. The molecule has 22 heavy (non-hydrogen) atoms. The van der Waals surface area contributed by atoms with Crippen LogP contribution in [-0.2, 0) is 0 Å². The molecule has 3 aromatic carbocycles. The van der Waals surface area contributed by atoms with E-state index in [0.717, 1.165) is 22.4 Å². The van der Waals surface area contributed by atoms with Crippen LogP contribution in [0, 0.1) is 0 Å². The maximum absolute atomic E-state index is 5.94. The number of benzene rings is 3. The van der Waals surface area contributed by atoms with Crippen LogP contribution >= 0.6 is 0 Å². The van der Waals surface area contributed by atoms with Gasteiger partial charge < -0.3 is 9.32 Å². The van der Waals surface area contributed by atoms with Crippen LogP contribution in [0.5, 0.6) is 0 Å². The molecule has 4 rings (SSSR count). The van der Waals surface area contributed by atoms with Gasteiger partial charge in [0, 0.05) is 25.3 Å². The van der Waals surface area contributed by atoms with E-state index in [1.807, 2.05) is 38.4 Å². The molecule has 0 aliphatic heterocycles. The van der Waals surface area contributed by atoms with Gasteiger partial charge >= 0.3 is 0 Å². The Morgan fingerprint density at radius 2 is 1.55 bits per heavy atom. The van der Waals surface area contributed by atoms with Gasteiger partial charge in [0.15, 0.2) is 5.58 Å². The van der Waals surface area contributed by atoms with E-state index < -0.39 is 0 Å². The van der Waals surface area contributed by atoms with E-state index in [2.05, 4.69) is 46.3 Å². The fraction of sp³-hybridized carbons (Fsp3) is 0.105. The predicted molar refractivity (Wildman–Crippen MR) is 91.3 cm³/mol. The first kappa shape index (κ1) is 12.9. The van der Waals surface area contributed by atoms with Gasteiger partial charge in [-0.15, -0.1) is 0 Å².